The number of hydrogen-bond acceptors (Lipinski definition) is 3. The molecule has 0 aromatic rings. The van der Waals surface area contributed by atoms with Gasteiger partial charge < -0.3 is 15.7 Å². The first kappa shape index (κ1) is 10.9. The molecule has 2 rings (SSSR count). The maximum Gasteiger partial charge on any atom is 0.224 e. The molecular formula is C11H20N2O2. The van der Waals surface area contributed by atoms with Crippen molar-refractivity contribution in [2.75, 3.05) is 13.1 Å². The fourth-order valence-electron chi connectivity index (χ4n) is 2.46. The largest absolute Gasteiger partial charge is 0.393 e. The quantitative estimate of drug-likeness (QED) is 0.611. The molecule has 4 heteroatoms. The Bertz CT molecular complexity index is 239. The van der Waals surface area contributed by atoms with E-state index >= 15 is 0 Å². The van der Waals surface area contributed by atoms with Gasteiger partial charge in [0.05, 0.1) is 12.0 Å². The topological polar surface area (TPSA) is 61.4 Å². The maximum atomic E-state index is 11.8. The van der Waals surface area contributed by atoms with Crippen molar-refractivity contribution in [3.05, 3.63) is 0 Å². The van der Waals surface area contributed by atoms with Gasteiger partial charge in [-0.1, -0.05) is 0 Å². The lowest BCUT2D eigenvalue weighted by molar-refractivity contribution is -0.125. The average molecular weight is 212 g/mol. The summed E-state index contributed by atoms with van der Waals surface area (Å²) in [6, 6.07) is 0.303. The van der Waals surface area contributed by atoms with Crippen LogP contribution in [0.1, 0.15) is 26.2 Å². The lowest BCUT2D eigenvalue weighted by Crippen LogP contribution is -2.42. The molecule has 0 aromatic carbocycles. The normalized spacial score (nSPS) is 39.9. The molecule has 1 saturated carbocycles. The van der Waals surface area contributed by atoms with E-state index in [1.807, 2.05) is 0 Å². The number of amides is 1. The van der Waals surface area contributed by atoms with Crippen LogP contribution < -0.4 is 10.6 Å². The van der Waals surface area contributed by atoms with Crippen LogP contribution in [0.4, 0.5) is 0 Å². The fourth-order valence-corrected chi connectivity index (χ4v) is 2.46. The van der Waals surface area contributed by atoms with Crippen LogP contribution in [0.25, 0.3) is 0 Å². The third-order valence-electron chi connectivity index (χ3n) is 3.64. The standard InChI is InChI=1S/C11H20N2O2/c1-7-10(2-3-12-7)11(15)13-6-8-4-9(14)5-8/h7-10,12,14H,2-6H2,1H3,(H,13,15). The van der Waals surface area contributed by atoms with Crippen LogP contribution in [0.2, 0.25) is 0 Å². The van der Waals surface area contributed by atoms with E-state index in [2.05, 4.69) is 17.6 Å². The van der Waals surface area contributed by atoms with Crippen molar-refractivity contribution in [2.24, 2.45) is 11.8 Å². The molecule has 1 saturated heterocycles. The van der Waals surface area contributed by atoms with Crippen LogP contribution in [0.5, 0.6) is 0 Å². The van der Waals surface area contributed by atoms with Crippen LogP contribution in [0.3, 0.4) is 0 Å². The second-order valence-electron chi connectivity index (χ2n) is 4.87. The summed E-state index contributed by atoms with van der Waals surface area (Å²) < 4.78 is 0. The highest BCUT2D eigenvalue weighted by molar-refractivity contribution is 5.79. The molecule has 1 heterocycles. The molecule has 1 amide bonds. The molecule has 2 atom stereocenters. The van der Waals surface area contributed by atoms with E-state index in [0.29, 0.717) is 12.0 Å². The maximum absolute atomic E-state index is 11.8. The van der Waals surface area contributed by atoms with Gasteiger partial charge in [-0.2, -0.15) is 0 Å². The van der Waals surface area contributed by atoms with Crippen LogP contribution in [0.15, 0.2) is 0 Å². The summed E-state index contributed by atoms with van der Waals surface area (Å²) in [5.41, 5.74) is 0. The van der Waals surface area contributed by atoms with E-state index in [-0.39, 0.29) is 17.9 Å². The average Bonchev–Trinajstić information content (AvgIpc) is 2.57. The first-order valence-electron chi connectivity index (χ1n) is 5.86. The molecule has 0 radical (unpaired) electrons. The van der Waals surface area contributed by atoms with Crippen molar-refractivity contribution in [3.63, 3.8) is 0 Å². The zero-order valence-corrected chi connectivity index (χ0v) is 9.20. The number of nitrogens with one attached hydrogen (secondary N) is 2. The van der Waals surface area contributed by atoms with Crippen molar-refractivity contribution < 1.29 is 9.90 Å². The molecule has 2 aliphatic rings. The van der Waals surface area contributed by atoms with Gasteiger partial charge in [0.1, 0.15) is 0 Å². The summed E-state index contributed by atoms with van der Waals surface area (Å²) in [5, 5.41) is 15.4. The predicted octanol–water partition coefficient (Wildman–Crippen LogP) is -0.128. The Morgan fingerprint density at radius 2 is 2.27 bits per heavy atom. The highest BCUT2D eigenvalue weighted by Gasteiger charge is 2.31. The molecule has 0 aromatic heterocycles. The first-order chi connectivity index (χ1) is 7.16. The van der Waals surface area contributed by atoms with Gasteiger partial charge in [0.15, 0.2) is 0 Å². The molecule has 4 nitrogen and oxygen atoms in total. The Balaban J connectivity index is 1.68. The highest BCUT2D eigenvalue weighted by Crippen LogP contribution is 2.26. The molecular weight excluding hydrogens is 192 g/mol. The summed E-state index contributed by atoms with van der Waals surface area (Å²) in [7, 11) is 0. The monoisotopic (exact) mass is 212 g/mol. The van der Waals surface area contributed by atoms with Gasteiger partial charge in [0.25, 0.3) is 0 Å². The highest BCUT2D eigenvalue weighted by atomic mass is 16.3. The number of hydrogen-bond donors (Lipinski definition) is 3. The fraction of sp³-hybridized carbons (Fsp3) is 0.909. The van der Waals surface area contributed by atoms with Gasteiger partial charge in [-0.25, -0.2) is 0 Å². The van der Waals surface area contributed by atoms with Gasteiger partial charge in [-0.15, -0.1) is 0 Å². The molecule has 2 fully saturated rings. The second-order valence-corrected chi connectivity index (χ2v) is 4.87. The minimum Gasteiger partial charge on any atom is -0.393 e. The Kier molecular flexibility index (Phi) is 3.26. The summed E-state index contributed by atoms with van der Waals surface area (Å²) in [5.74, 6) is 0.803. The Morgan fingerprint density at radius 3 is 2.80 bits per heavy atom. The molecule has 86 valence electrons. The number of rotatable bonds is 3. The van der Waals surface area contributed by atoms with Crippen molar-refractivity contribution in [1.29, 1.82) is 0 Å². The molecule has 1 aliphatic heterocycles. The van der Waals surface area contributed by atoms with Crippen LogP contribution >= 0.6 is 0 Å². The van der Waals surface area contributed by atoms with Gasteiger partial charge in [-0.05, 0) is 38.6 Å². The Labute approximate surface area is 90.4 Å². The SMILES string of the molecule is CC1NCCC1C(=O)NCC1CC(O)C1. The number of aliphatic hydroxyl groups excluding tert-OH is 1. The first-order valence-corrected chi connectivity index (χ1v) is 5.86. The third-order valence-corrected chi connectivity index (χ3v) is 3.64. The Hall–Kier alpha value is -0.610. The van der Waals surface area contributed by atoms with E-state index in [1.54, 1.807) is 0 Å². The molecule has 15 heavy (non-hydrogen) atoms. The summed E-state index contributed by atoms with van der Waals surface area (Å²) >= 11 is 0. The minimum absolute atomic E-state index is 0.126. The zero-order valence-electron chi connectivity index (χ0n) is 9.20. The number of carbonyl (C=O) groups excluding carboxylic acids is 1. The van der Waals surface area contributed by atoms with E-state index in [0.717, 1.165) is 32.4 Å². The lowest BCUT2D eigenvalue weighted by Gasteiger charge is -2.31. The number of aliphatic hydroxyl groups is 1. The van der Waals surface area contributed by atoms with E-state index in [9.17, 15) is 4.79 Å². The predicted molar refractivity (Wildman–Crippen MR) is 57.3 cm³/mol. The summed E-state index contributed by atoms with van der Waals surface area (Å²) in [4.78, 5) is 11.8. The van der Waals surface area contributed by atoms with Gasteiger partial charge in [-0.3, -0.25) is 4.79 Å². The van der Waals surface area contributed by atoms with Gasteiger partial charge >= 0.3 is 0 Å². The zero-order chi connectivity index (χ0) is 10.8. The smallest absolute Gasteiger partial charge is 0.224 e. The minimum atomic E-state index is -0.126. The number of carbonyl (C=O) groups is 1. The van der Waals surface area contributed by atoms with E-state index in [4.69, 9.17) is 5.11 Å². The second kappa shape index (κ2) is 4.49. The molecule has 1 aliphatic carbocycles. The van der Waals surface area contributed by atoms with Gasteiger partial charge in [0.2, 0.25) is 5.91 Å². The molecule has 0 bridgehead atoms. The van der Waals surface area contributed by atoms with Crippen molar-refractivity contribution >= 4 is 5.91 Å². The van der Waals surface area contributed by atoms with E-state index < -0.39 is 0 Å². The summed E-state index contributed by atoms with van der Waals surface area (Å²) in [6.45, 7) is 3.74. The lowest BCUT2D eigenvalue weighted by atomic mass is 9.82. The molecule has 0 spiro atoms. The van der Waals surface area contributed by atoms with Crippen LogP contribution in [-0.4, -0.2) is 36.2 Å². The van der Waals surface area contributed by atoms with Crippen LogP contribution in [0, 0.1) is 11.8 Å². The van der Waals surface area contributed by atoms with E-state index in [1.165, 1.54) is 0 Å². The summed E-state index contributed by atoms with van der Waals surface area (Å²) in [6.07, 6.45) is 2.51. The third kappa shape index (κ3) is 2.49. The van der Waals surface area contributed by atoms with Crippen molar-refractivity contribution in [3.8, 4) is 0 Å². The molecule has 2 unspecified atom stereocenters. The van der Waals surface area contributed by atoms with Crippen LogP contribution in [-0.2, 0) is 4.79 Å². The molecule has 3 N–H and O–H groups in total. The van der Waals surface area contributed by atoms with Gasteiger partial charge in [0, 0.05) is 12.6 Å². The Morgan fingerprint density at radius 1 is 1.53 bits per heavy atom. The van der Waals surface area contributed by atoms with Crippen molar-refractivity contribution in [1.82, 2.24) is 10.6 Å². The van der Waals surface area contributed by atoms with Crippen molar-refractivity contribution in [2.45, 2.75) is 38.3 Å².